The molecule has 0 aliphatic carbocycles. The lowest BCUT2D eigenvalue weighted by Gasteiger charge is -2.05. The van der Waals surface area contributed by atoms with Gasteiger partial charge in [0, 0.05) is 29.7 Å². The molecule has 0 spiro atoms. The molecule has 3 heterocycles. The van der Waals surface area contributed by atoms with Crippen molar-refractivity contribution in [3.8, 4) is 11.4 Å². The summed E-state index contributed by atoms with van der Waals surface area (Å²) in [5.74, 6) is 0.778. The Morgan fingerprint density at radius 3 is 2.77 bits per heavy atom. The number of aromatic nitrogens is 7. The Hall–Kier alpha value is -3.62. The monoisotopic (exact) mass is 348 g/mol. The van der Waals surface area contributed by atoms with Crippen molar-refractivity contribution < 1.29 is 4.79 Å². The number of nitrogens with zero attached hydrogens (tertiary/aromatic N) is 7. The number of rotatable bonds is 3. The van der Waals surface area contributed by atoms with E-state index in [4.69, 9.17) is 0 Å². The van der Waals surface area contributed by atoms with Crippen LogP contribution < -0.4 is 5.32 Å². The summed E-state index contributed by atoms with van der Waals surface area (Å²) in [6.07, 6.45) is 1.62. The normalized spacial score (nSPS) is 11.0. The van der Waals surface area contributed by atoms with Crippen molar-refractivity contribution in [2.45, 2.75) is 13.8 Å². The van der Waals surface area contributed by atoms with E-state index in [-0.39, 0.29) is 5.82 Å². The third-order valence-corrected chi connectivity index (χ3v) is 3.91. The first-order chi connectivity index (χ1) is 12.5. The first kappa shape index (κ1) is 15.9. The summed E-state index contributed by atoms with van der Waals surface area (Å²) in [6, 6.07) is 9.24. The van der Waals surface area contributed by atoms with E-state index in [0.29, 0.717) is 17.3 Å². The molecular formula is C17H16N8O. The number of carbonyl (C=O) groups is 1. The molecule has 3 aromatic heterocycles. The van der Waals surface area contributed by atoms with Crippen LogP contribution >= 0.6 is 0 Å². The predicted molar refractivity (Wildman–Crippen MR) is 94.6 cm³/mol. The Bertz CT molecular complexity index is 1130. The zero-order valence-corrected chi connectivity index (χ0v) is 14.5. The molecule has 4 rings (SSSR count). The van der Waals surface area contributed by atoms with Gasteiger partial charge in [-0.2, -0.15) is 4.98 Å². The predicted octanol–water partition coefficient (Wildman–Crippen LogP) is 1.79. The van der Waals surface area contributed by atoms with E-state index in [1.165, 1.54) is 0 Å². The molecule has 0 radical (unpaired) electrons. The van der Waals surface area contributed by atoms with Crippen molar-refractivity contribution in [2.75, 3.05) is 5.32 Å². The fourth-order valence-electron chi connectivity index (χ4n) is 2.73. The fourth-order valence-corrected chi connectivity index (χ4v) is 2.73. The van der Waals surface area contributed by atoms with Gasteiger partial charge in [0.2, 0.25) is 5.82 Å². The lowest BCUT2D eigenvalue weighted by molar-refractivity contribution is 0.101. The van der Waals surface area contributed by atoms with Crippen molar-refractivity contribution >= 4 is 17.4 Å². The molecule has 1 amide bonds. The number of anilines is 1. The summed E-state index contributed by atoms with van der Waals surface area (Å²) < 4.78 is 3.36. The maximum atomic E-state index is 12.5. The van der Waals surface area contributed by atoms with Crippen LogP contribution in [0.5, 0.6) is 0 Å². The van der Waals surface area contributed by atoms with E-state index in [1.807, 2.05) is 45.2 Å². The highest BCUT2D eigenvalue weighted by atomic mass is 16.2. The Balaban J connectivity index is 1.63. The number of aryl methyl sites for hydroxylation is 3. The van der Waals surface area contributed by atoms with Crippen LogP contribution in [0.3, 0.4) is 0 Å². The highest BCUT2D eigenvalue weighted by molar-refractivity contribution is 6.02. The minimum absolute atomic E-state index is 0.0651. The molecule has 0 bridgehead atoms. The molecular weight excluding hydrogens is 332 g/mol. The molecule has 0 unspecified atom stereocenters. The number of amides is 1. The largest absolute Gasteiger partial charge is 0.319 e. The van der Waals surface area contributed by atoms with E-state index in [0.717, 1.165) is 17.0 Å². The zero-order chi connectivity index (χ0) is 18.3. The average Bonchev–Trinajstić information content (AvgIpc) is 3.21. The second-order valence-electron chi connectivity index (χ2n) is 5.99. The first-order valence-electron chi connectivity index (χ1n) is 7.98. The van der Waals surface area contributed by atoms with Crippen molar-refractivity contribution in [1.82, 2.24) is 34.3 Å². The van der Waals surface area contributed by atoms with Crippen molar-refractivity contribution in [3.63, 3.8) is 0 Å². The topological polar surface area (TPSA) is 103 Å². The van der Waals surface area contributed by atoms with Gasteiger partial charge < -0.3 is 9.88 Å². The Labute approximate surface area is 148 Å². The van der Waals surface area contributed by atoms with Crippen molar-refractivity contribution in [3.05, 3.63) is 53.9 Å². The van der Waals surface area contributed by atoms with Gasteiger partial charge in [-0.05, 0) is 32.0 Å². The van der Waals surface area contributed by atoms with E-state index in [9.17, 15) is 4.79 Å². The van der Waals surface area contributed by atoms with Gasteiger partial charge in [0.15, 0.2) is 5.82 Å². The molecule has 9 nitrogen and oxygen atoms in total. The summed E-state index contributed by atoms with van der Waals surface area (Å²) in [6.45, 7) is 3.77. The standard InChI is InChI=1S/C17H16N8O/c1-10-7-11(2)25-17(19-10)21-14(23-25)16(26)20-13-6-4-5-12(8-13)15-22-18-9-24(15)3/h4-9H,1-3H3,(H,20,26). The maximum absolute atomic E-state index is 12.5. The zero-order valence-electron chi connectivity index (χ0n) is 14.5. The van der Waals surface area contributed by atoms with Crippen LogP contribution in [0.25, 0.3) is 17.2 Å². The lowest BCUT2D eigenvalue weighted by Crippen LogP contribution is -2.14. The van der Waals surface area contributed by atoms with Gasteiger partial charge in [0.05, 0.1) is 0 Å². The van der Waals surface area contributed by atoms with Gasteiger partial charge >= 0.3 is 0 Å². The summed E-state index contributed by atoms with van der Waals surface area (Å²) in [4.78, 5) is 21.0. The Kier molecular flexibility index (Phi) is 3.68. The quantitative estimate of drug-likeness (QED) is 0.605. The summed E-state index contributed by atoms with van der Waals surface area (Å²) in [5, 5.41) is 15.0. The molecule has 4 aromatic rings. The molecule has 0 aliphatic rings. The third-order valence-electron chi connectivity index (χ3n) is 3.91. The summed E-state index contributed by atoms with van der Waals surface area (Å²) >= 11 is 0. The minimum atomic E-state index is -0.400. The van der Waals surface area contributed by atoms with Crippen LogP contribution in [-0.4, -0.2) is 40.3 Å². The first-order valence-corrected chi connectivity index (χ1v) is 7.98. The van der Waals surface area contributed by atoms with Crippen LogP contribution in [-0.2, 0) is 7.05 Å². The minimum Gasteiger partial charge on any atom is -0.319 e. The molecule has 0 saturated heterocycles. The molecule has 130 valence electrons. The molecule has 1 N–H and O–H groups in total. The SMILES string of the molecule is Cc1cc(C)n2nc(C(=O)Nc3cccc(-c4nncn4C)c3)nc2n1. The Morgan fingerprint density at radius 1 is 1.15 bits per heavy atom. The van der Waals surface area contributed by atoms with E-state index in [1.54, 1.807) is 21.5 Å². The van der Waals surface area contributed by atoms with Gasteiger partial charge in [-0.25, -0.2) is 9.50 Å². The maximum Gasteiger partial charge on any atom is 0.295 e. The highest BCUT2D eigenvalue weighted by Gasteiger charge is 2.16. The van der Waals surface area contributed by atoms with Gasteiger partial charge in [-0.3, -0.25) is 4.79 Å². The van der Waals surface area contributed by atoms with E-state index >= 15 is 0 Å². The molecule has 26 heavy (non-hydrogen) atoms. The molecule has 0 atom stereocenters. The van der Waals surface area contributed by atoms with Crippen LogP contribution in [0.1, 0.15) is 22.0 Å². The van der Waals surface area contributed by atoms with Gasteiger partial charge in [0.1, 0.15) is 6.33 Å². The number of hydrogen-bond donors (Lipinski definition) is 1. The van der Waals surface area contributed by atoms with Crippen LogP contribution in [0.15, 0.2) is 36.7 Å². The molecule has 0 saturated carbocycles. The number of benzene rings is 1. The van der Waals surface area contributed by atoms with Gasteiger partial charge in [-0.1, -0.05) is 12.1 Å². The van der Waals surface area contributed by atoms with E-state index in [2.05, 4.69) is 30.6 Å². The molecule has 1 aromatic carbocycles. The third kappa shape index (κ3) is 2.79. The number of fused-ring (bicyclic) bond motifs is 1. The molecule has 0 aliphatic heterocycles. The average molecular weight is 348 g/mol. The van der Waals surface area contributed by atoms with Gasteiger partial charge in [0.25, 0.3) is 11.7 Å². The smallest absolute Gasteiger partial charge is 0.295 e. The lowest BCUT2D eigenvalue weighted by atomic mass is 10.2. The summed E-state index contributed by atoms with van der Waals surface area (Å²) in [5.41, 5.74) is 3.16. The molecule has 9 heteroatoms. The number of nitrogens with one attached hydrogen (secondary N) is 1. The number of carbonyl (C=O) groups excluding carboxylic acids is 1. The molecule has 0 fully saturated rings. The summed E-state index contributed by atoms with van der Waals surface area (Å²) in [7, 11) is 1.86. The van der Waals surface area contributed by atoms with Crippen LogP contribution in [0.4, 0.5) is 5.69 Å². The van der Waals surface area contributed by atoms with Crippen LogP contribution in [0.2, 0.25) is 0 Å². The van der Waals surface area contributed by atoms with Crippen molar-refractivity contribution in [2.24, 2.45) is 7.05 Å². The van der Waals surface area contributed by atoms with Crippen molar-refractivity contribution in [1.29, 1.82) is 0 Å². The van der Waals surface area contributed by atoms with Gasteiger partial charge in [-0.15, -0.1) is 15.3 Å². The van der Waals surface area contributed by atoms with Crippen LogP contribution in [0, 0.1) is 13.8 Å². The Morgan fingerprint density at radius 2 is 2.00 bits per heavy atom. The second-order valence-corrected chi connectivity index (χ2v) is 5.99. The fraction of sp³-hybridized carbons (Fsp3) is 0.176. The number of hydrogen-bond acceptors (Lipinski definition) is 6. The second kappa shape index (κ2) is 6.03. The van der Waals surface area contributed by atoms with E-state index < -0.39 is 5.91 Å². The highest BCUT2D eigenvalue weighted by Crippen LogP contribution is 2.20.